The van der Waals surface area contributed by atoms with Crippen LogP contribution < -0.4 is 10.1 Å². The third-order valence-electron chi connectivity index (χ3n) is 3.16. The van der Waals surface area contributed by atoms with E-state index < -0.39 is 5.82 Å². The molecule has 0 aliphatic heterocycles. The Morgan fingerprint density at radius 2 is 2.17 bits per heavy atom. The fourth-order valence-electron chi connectivity index (χ4n) is 2.00. The molecule has 5 nitrogen and oxygen atoms in total. The second-order valence-corrected chi connectivity index (χ2v) is 5.95. The van der Waals surface area contributed by atoms with E-state index in [4.69, 9.17) is 16.3 Å². The van der Waals surface area contributed by atoms with E-state index in [9.17, 15) is 9.18 Å². The van der Waals surface area contributed by atoms with E-state index in [-0.39, 0.29) is 16.8 Å². The van der Waals surface area contributed by atoms with Crippen LogP contribution in [0.1, 0.15) is 10.4 Å². The average Bonchev–Trinajstić information content (AvgIpc) is 3.03. The molecule has 0 radical (unpaired) electrons. The molecular formula is C16H11ClFN3O2S. The molecule has 2 heterocycles. The number of methoxy groups -OCH3 is 1. The smallest absolute Gasteiger partial charge is 0.257 e. The highest BCUT2D eigenvalue weighted by atomic mass is 35.5. The summed E-state index contributed by atoms with van der Waals surface area (Å²) in [6.07, 6.45) is 1.45. The zero-order valence-corrected chi connectivity index (χ0v) is 14.0. The van der Waals surface area contributed by atoms with Crippen LogP contribution in [-0.2, 0) is 0 Å². The van der Waals surface area contributed by atoms with Crippen molar-refractivity contribution in [2.75, 3.05) is 12.4 Å². The molecule has 2 aromatic heterocycles. The van der Waals surface area contributed by atoms with Gasteiger partial charge in [0.05, 0.1) is 12.8 Å². The molecule has 0 spiro atoms. The number of carbonyl (C=O) groups excluding carboxylic acids is 1. The Labute approximate surface area is 146 Å². The Bertz CT molecular complexity index is 901. The molecule has 0 saturated carbocycles. The van der Waals surface area contributed by atoms with E-state index in [0.717, 1.165) is 0 Å². The van der Waals surface area contributed by atoms with Gasteiger partial charge in [0.15, 0.2) is 16.7 Å². The number of pyridine rings is 1. The SMILES string of the molecule is COc1ccc(-c2csc(NC(=O)c3ccnc(Cl)c3)n2)cc1F. The first-order valence-corrected chi connectivity index (χ1v) is 8.05. The number of halogens is 2. The van der Waals surface area contributed by atoms with Crippen LogP contribution in [0.15, 0.2) is 41.9 Å². The second kappa shape index (κ2) is 6.94. The van der Waals surface area contributed by atoms with Crippen LogP contribution in [0.2, 0.25) is 5.15 Å². The lowest BCUT2D eigenvalue weighted by Crippen LogP contribution is -2.11. The lowest BCUT2D eigenvalue weighted by Gasteiger charge is -2.03. The van der Waals surface area contributed by atoms with Crippen LogP contribution in [0.3, 0.4) is 0 Å². The Morgan fingerprint density at radius 1 is 1.33 bits per heavy atom. The zero-order chi connectivity index (χ0) is 17.1. The first-order valence-electron chi connectivity index (χ1n) is 6.79. The minimum Gasteiger partial charge on any atom is -0.494 e. The van der Waals surface area contributed by atoms with Crippen LogP contribution in [0.4, 0.5) is 9.52 Å². The monoisotopic (exact) mass is 363 g/mol. The molecule has 1 aromatic carbocycles. The summed E-state index contributed by atoms with van der Waals surface area (Å²) >= 11 is 7.01. The van der Waals surface area contributed by atoms with Gasteiger partial charge in [0, 0.05) is 22.7 Å². The predicted octanol–water partition coefficient (Wildman–Crippen LogP) is 4.26. The summed E-state index contributed by atoms with van der Waals surface area (Å²) in [7, 11) is 1.40. The highest BCUT2D eigenvalue weighted by molar-refractivity contribution is 7.14. The molecular weight excluding hydrogens is 353 g/mol. The molecule has 0 atom stereocenters. The van der Waals surface area contributed by atoms with Gasteiger partial charge in [-0.3, -0.25) is 10.1 Å². The van der Waals surface area contributed by atoms with E-state index >= 15 is 0 Å². The highest BCUT2D eigenvalue weighted by Gasteiger charge is 2.12. The molecule has 0 fully saturated rings. The number of nitrogens with one attached hydrogen (secondary N) is 1. The molecule has 24 heavy (non-hydrogen) atoms. The zero-order valence-electron chi connectivity index (χ0n) is 12.4. The number of rotatable bonds is 4. The molecule has 0 unspecified atom stereocenters. The van der Waals surface area contributed by atoms with Gasteiger partial charge in [0.25, 0.3) is 5.91 Å². The number of thiazole rings is 1. The van der Waals surface area contributed by atoms with Crippen molar-refractivity contribution in [3.8, 4) is 17.0 Å². The van der Waals surface area contributed by atoms with E-state index in [1.54, 1.807) is 17.5 Å². The lowest BCUT2D eigenvalue weighted by molar-refractivity contribution is 0.102. The van der Waals surface area contributed by atoms with E-state index in [0.29, 0.717) is 22.0 Å². The number of nitrogens with zero attached hydrogens (tertiary/aromatic N) is 2. The molecule has 1 N–H and O–H groups in total. The summed E-state index contributed by atoms with van der Waals surface area (Å²) in [4.78, 5) is 20.3. The van der Waals surface area contributed by atoms with Crippen molar-refractivity contribution in [2.45, 2.75) is 0 Å². The highest BCUT2D eigenvalue weighted by Crippen LogP contribution is 2.28. The molecule has 0 aliphatic rings. The first kappa shape index (κ1) is 16.4. The molecule has 1 amide bonds. The number of hydrogen-bond donors (Lipinski definition) is 1. The van der Waals surface area contributed by atoms with E-state index in [1.165, 1.54) is 42.8 Å². The molecule has 3 rings (SSSR count). The molecule has 0 bridgehead atoms. The van der Waals surface area contributed by atoms with Gasteiger partial charge in [-0.2, -0.15) is 0 Å². The Kier molecular flexibility index (Phi) is 4.73. The van der Waals surface area contributed by atoms with Crippen molar-refractivity contribution < 1.29 is 13.9 Å². The number of aromatic nitrogens is 2. The van der Waals surface area contributed by atoms with Crippen LogP contribution in [0.25, 0.3) is 11.3 Å². The van der Waals surface area contributed by atoms with Gasteiger partial charge in [0.1, 0.15) is 5.15 Å². The molecule has 122 valence electrons. The third-order valence-corrected chi connectivity index (χ3v) is 4.13. The minimum atomic E-state index is -0.472. The van der Waals surface area contributed by atoms with Crippen LogP contribution in [0, 0.1) is 5.82 Å². The summed E-state index contributed by atoms with van der Waals surface area (Å²) in [5.74, 6) is -0.654. The standard InChI is InChI=1S/C16H11ClFN3O2S/c1-23-13-3-2-9(6-11(13)18)12-8-24-16(20-12)21-15(22)10-4-5-19-14(17)7-10/h2-8H,1H3,(H,20,21,22). The Morgan fingerprint density at radius 3 is 2.88 bits per heavy atom. The summed E-state index contributed by atoms with van der Waals surface area (Å²) in [5.41, 5.74) is 1.53. The van der Waals surface area contributed by atoms with Crippen LogP contribution in [-0.4, -0.2) is 23.0 Å². The fraction of sp³-hybridized carbons (Fsp3) is 0.0625. The summed E-state index contributed by atoms with van der Waals surface area (Å²) in [5, 5.41) is 5.04. The Hall–Kier alpha value is -2.51. The van der Waals surface area contributed by atoms with Crippen molar-refractivity contribution in [1.29, 1.82) is 0 Å². The number of benzene rings is 1. The van der Waals surface area contributed by atoms with Crippen LogP contribution >= 0.6 is 22.9 Å². The largest absolute Gasteiger partial charge is 0.494 e. The molecule has 0 saturated heterocycles. The van der Waals surface area contributed by atoms with Crippen molar-refractivity contribution in [1.82, 2.24) is 9.97 Å². The van der Waals surface area contributed by atoms with Crippen LogP contribution in [0.5, 0.6) is 5.75 Å². The van der Waals surface area contributed by atoms with Gasteiger partial charge in [-0.25, -0.2) is 14.4 Å². The Balaban J connectivity index is 1.78. The maximum atomic E-state index is 13.8. The minimum absolute atomic E-state index is 0.164. The maximum Gasteiger partial charge on any atom is 0.257 e. The number of amides is 1. The normalized spacial score (nSPS) is 10.5. The summed E-state index contributed by atoms with van der Waals surface area (Å²) in [6.45, 7) is 0. The maximum absolute atomic E-state index is 13.8. The van der Waals surface area contributed by atoms with Gasteiger partial charge < -0.3 is 4.74 Å². The van der Waals surface area contributed by atoms with Gasteiger partial charge in [0.2, 0.25) is 0 Å². The fourth-order valence-corrected chi connectivity index (χ4v) is 2.89. The van der Waals surface area contributed by atoms with Gasteiger partial charge in [-0.05, 0) is 30.3 Å². The first-order chi connectivity index (χ1) is 11.6. The molecule has 0 aliphatic carbocycles. The summed E-state index contributed by atoms with van der Waals surface area (Å²) in [6, 6.07) is 7.58. The molecule has 8 heteroatoms. The second-order valence-electron chi connectivity index (χ2n) is 4.71. The third kappa shape index (κ3) is 3.52. The van der Waals surface area contributed by atoms with Crippen molar-refractivity contribution in [3.63, 3.8) is 0 Å². The van der Waals surface area contributed by atoms with E-state index in [1.807, 2.05) is 0 Å². The number of hydrogen-bond acceptors (Lipinski definition) is 5. The van der Waals surface area contributed by atoms with Crippen molar-refractivity contribution in [2.24, 2.45) is 0 Å². The van der Waals surface area contributed by atoms with Gasteiger partial charge >= 0.3 is 0 Å². The van der Waals surface area contributed by atoms with E-state index in [2.05, 4.69) is 15.3 Å². The van der Waals surface area contributed by atoms with Gasteiger partial charge in [-0.1, -0.05) is 11.6 Å². The van der Waals surface area contributed by atoms with Gasteiger partial charge in [-0.15, -0.1) is 11.3 Å². The quantitative estimate of drug-likeness (QED) is 0.703. The topological polar surface area (TPSA) is 64.1 Å². The lowest BCUT2D eigenvalue weighted by atomic mass is 10.1. The summed E-state index contributed by atoms with van der Waals surface area (Å²) < 4.78 is 18.7. The number of ether oxygens (including phenoxy) is 1. The number of carbonyl (C=O) groups is 1. The van der Waals surface area contributed by atoms with Crippen molar-refractivity contribution >= 4 is 34.0 Å². The van der Waals surface area contributed by atoms with Crippen molar-refractivity contribution in [3.05, 3.63) is 58.4 Å². The number of anilines is 1. The predicted molar refractivity (Wildman–Crippen MR) is 91.3 cm³/mol. The average molecular weight is 364 g/mol. The molecule has 3 aromatic rings.